The number of furan rings is 1. The number of nitrogen functional groups attached to an aromatic ring is 1. The second-order valence-corrected chi connectivity index (χ2v) is 7.15. The van der Waals surface area contributed by atoms with Crippen LogP contribution in [0.5, 0.6) is 0 Å². The van der Waals surface area contributed by atoms with Crippen molar-refractivity contribution >= 4 is 17.4 Å². The number of amides is 1. The molecular formula is C22H25FN4O4. The Kier molecular flexibility index (Phi) is 7.07. The van der Waals surface area contributed by atoms with Gasteiger partial charge in [-0.2, -0.15) is 0 Å². The zero-order valence-corrected chi connectivity index (χ0v) is 17.3. The summed E-state index contributed by atoms with van der Waals surface area (Å²) in [5.41, 5.74) is 5.06. The smallest absolute Gasteiger partial charge is 0.330 e. The summed E-state index contributed by atoms with van der Waals surface area (Å²) in [6.07, 6.45) is 3.03. The number of nitrogens with two attached hydrogens (primary N) is 1. The van der Waals surface area contributed by atoms with Crippen LogP contribution in [0.4, 0.5) is 15.9 Å². The van der Waals surface area contributed by atoms with Crippen LogP contribution in [-0.2, 0) is 24.3 Å². The van der Waals surface area contributed by atoms with Crippen LogP contribution in [0.2, 0.25) is 0 Å². The van der Waals surface area contributed by atoms with Gasteiger partial charge < -0.3 is 10.2 Å². The molecule has 0 saturated carbocycles. The summed E-state index contributed by atoms with van der Waals surface area (Å²) in [6, 6.07) is 9.51. The van der Waals surface area contributed by atoms with E-state index in [9.17, 15) is 18.8 Å². The molecule has 31 heavy (non-hydrogen) atoms. The maximum atomic E-state index is 14.0. The number of H-pyrrole nitrogens is 1. The number of aromatic nitrogens is 2. The minimum Gasteiger partial charge on any atom is -0.467 e. The zero-order chi connectivity index (χ0) is 22.4. The third kappa shape index (κ3) is 5.11. The van der Waals surface area contributed by atoms with Gasteiger partial charge in [0.1, 0.15) is 17.4 Å². The predicted molar refractivity (Wildman–Crippen MR) is 115 cm³/mol. The van der Waals surface area contributed by atoms with Gasteiger partial charge in [0.15, 0.2) is 5.69 Å². The lowest BCUT2D eigenvalue weighted by molar-refractivity contribution is -0.118. The third-order valence-corrected chi connectivity index (χ3v) is 4.98. The minimum absolute atomic E-state index is 0.0532. The lowest BCUT2D eigenvalue weighted by Gasteiger charge is -2.24. The molecule has 3 aromatic rings. The second-order valence-electron chi connectivity index (χ2n) is 7.15. The molecule has 0 bridgehead atoms. The number of rotatable bonds is 9. The molecule has 2 aromatic heterocycles. The summed E-state index contributed by atoms with van der Waals surface area (Å²) in [6.45, 7) is 2.22. The second kappa shape index (κ2) is 9.92. The number of nitrogens with zero attached hydrogens (tertiary/aromatic N) is 2. The van der Waals surface area contributed by atoms with Crippen LogP contribution in [0.25, 0.3) is 0 Å². The lowest BCUT2D eigenvalue weighted by Crippen LogP contribution is -2.41. The Morgan fingerprint density at radius 1 is 1.23 bits per heavy atom. The molecule has 9 heteroatoms. The fourth-order valence-electron chi connectivity index (χ4n) is 3.30. The summed E-state index contributed by atoms with van der Waals surface area (Å²) < 4.78 is 20.6. The molecule has 3 rings (SSSR count). The first kappa shape index (κ1) is 22.1. The Morgan fingerprint density at radius 3 is 2.68 bits per heavy atom. The standard InChI is InChI=1S/C22H25FN4O4/c1-2-3-12-26-20(24)19(21(29)25-22(26)30)27(14-16-8-6-13-31-16)18(28)11-10-15-7-4-5-9-17(15)23/h4-9,13H,2-3,10-12,14,24H2,1H3,(H,25,29,30). The first-order valence-electron chi connectivity index (χ1n) is 10.1. The molecule has 0 saturated heterocycles. The molecule has 1 aromatic carbocycles. The van der Waals surface area contributed by atoms with Crippen LogP contribution < -0.4 is 21.9 Å². The quantitative estimate of drug-likeness (QED) is 0.544. The molecule has 0 unspecified atom stereocenters. The molecule has 0 aliphatic carbocycles. The number of hydrogen-bond acceptors (Lipinski definition) is 5. The molecule has 0 radical (unpaired) electrons. The normalized spacial score (nSPS) is 10.9. The van der Waals surface area contributed by atoms with Crippen LogP contribution in [0.15, 0.2) is 56.7 Å². The Balaban J connectivity index is 1.97. The average Bonchev–Trinajstić information content (AvgIpc) is 3.25. The molecule has 0 aliphatic heterocycles. The van der Waals surface area contributed by atoms with Crippen LogP contribution >= 0.6 is 0 Å². The van der Waals surface area contributed by atoms with E-state index in [1.54, 1.807) is 30.3 Å². The van der Waals surface area contributed by atoms with E-state index in [2.05, 4.69) is 4.98 Å². The summed E-state index contributed by atoms with van der Waals surface area (Å²) in [4.78, 5) is 41.5. The maximum Gasteiger partial charge on any atom is 0.330 e. The molecule has 164 valence electrons. The molecule has 0 fully saturated rings. The number of halogens is 1. The third-order valence-electron chi connectivity index (χ3n) is 4.98. The zero-order valence-electron chi connectivity index (χ0n) is 17.3. The highest BCUT2D eigenvalue weighted by Crippen LogP contribution is 2.22. The molecule has 2 heterocycles. The number of unbranched alkanes of at least 4 members (excludes halogenated alkanes) is 1. The number of aryl methyl sites for hydroxylation is 1. The van der Waals surface area contributed by atoms with E-state index in [0.29, 0.717) is 24.3 Å². The van der Waals surface area contributed by atoms with E-state index in [1.807, 2.05) is 6.92 Å². The van der Waals surface area contributed by atoms with Crippen molar-refractivity contribution in [1.82, 2.24) is 9.55 Å². The SMILES string of the molecule is CCCCn1c(N)c(N(Cc2ccco2)C(=O)CCc2ccccc2F)c(=O)[nH]c1=O. The van der Waals surface area contributed by atoms with Crippen molar-refractivity contribution in [1.29, 1.82) is 0 Å². The average molecular weight is 428 g/mol. The minimum atomic E-state index is -0.763. The lowest BCUT2D eigenvalue weighted by atomic mass is 10.1. The number of carbonyl (C=O) groups is 1. The predicted octanol–water partition coefficient (Wildman–Crippen LogP) is 2.82. The summed E-state index contributed by atoms with van der Waals surface area (Å²) in [5, 5.41) is 0. The van der Waals surface area contributed by atoms with Crippen molar-refractivity contribution in [3.63, 3.8) is 0 Å². The van der Waals surface area contributed by atoms with Crippen molar-refractivity contribution in [3.05, 3.63) is 80.6 Å². The van der Waals surface area contributed by atoms with E-state index in [0.717, 1.165) is 6.42 Å². The van der Waals surface area contributed by atoms with Crippen molar-refractivity contribution < 1.29 is 13.6 Å². The number of aromatic amines is 1. The number of nitrogens with one attached hydrogen (secondary N) is 1. The van der Waals surface area contributed by atoms with Gasteiger partial charge >= 0.3 is 5.69 Å². The fourth-order valence-corrected chi connectivity index (χ4v) is 3.30. The number of hydrogen-bond donors (Lipinski definition) is 2. The highest BCUT2D eigenvalue weighted by Gasteiger charge is 2.25. The molecule has 0 spiro atoms. The van der Waals surface area contributed by atoms with Crippen molar-refractivity contribution in [3.8, 4) is 0 Å². The van der Waals surface area contributed by atoms with Gasteiger partial charge in [0.2, 0.25) is 5.91 Å². The van der Waals surface area contributed by atoms with Gasteiger partial charge in [-0.1, -0.05) is 31.5 Å². The molecule has 8 nitrogen and oxygen atoms in total. The van der Waals surface area contributed by atoms with Gasteiger partial charge in [-0.15, -0.1) is 0 Å². The number of benzene rings is 1. The Labute approximate surface area is 178 Å². The van der Waals surface area contributed by atoms with E-state index in [-0.39, 0.29) is 30.9 Å². The van der Waals surface area contributed by atoms with Crippen LogP contribution in [-0.4, -0.2) is 15.5 Å². The van der Waals surface area contributed by atoms with Crippen LogP contribution in [0.1, 0.15) is 37.5 Å². The highest BCUT2D eigenvalue weighted by molar-refractivity contribution is 5.95. The Hall–Kier alpha value is -3.62. The fraction of sp³-hybridized carbons (Fsp3) is 0.318. The molecular weight excluding hydrogens is 403 g/mol. The molecule has 3 N–H and O–H groups in total. The van der Waals surface area contributed by atoms with Crippen LogP contribution in [0, 0.1) is 5.82 Å². The van der Waals surface area contributed by atoms with Gasteiger partial charge in [-0.25, -0.2) is 9.18 Å². The van der Waals surface area contributed by atoms with E-state index >= 15 is 0 Å². The molecule has 1 amide bonds. The summed E-state index contributed by atoms with van der Waals surface area (Å²) >= 11 is 0. The number of carbonyl (C=O) groups excluding carboxylic acids is 1. The molecule has 0 atom stereocenters. The van der Waals surface area contributed by atoms with E-state index in [4.69, 9.17) is 10.2 Å². The topological polar surface area (TPSA) is 114 Å². The van der Waals surface area contributed by atoms with Crippen LogP contribution in [0.3, 0.4) is 0 Å². The van der Waals surface area contributed by atoms with Gasteiger partial charge in [0, 0.05) is 13.0 Å². The van der Waals surface area contributed by atoms with Gasteiger partial charge in [-0.3, -0.25) is 24.0 Å². The monoisotopic (exact) mass is 428 g/mol. The largest absolute Gasteiger partial charge is 0.467 e. The van der Waals surface area contributed by atoms with Crippen molar-refractivity contribution in [2.75, 3.05) is 10.6 Å². The van der Waals surface area contributed by atoms with Gasteiger partial charge in [-0.05, 0) is 36.6 Å². The Morgan fingerprint density at radius 2 is 2.00 bits per heavy atom. The first-order chi connectivity index (χ1) is 14.9. The highest BCUT2D eigenvalue weighted by atomic mass is 19.1. The Bertz CT molecular complexity index is 1150. The first-order valence-corrected chi connectivity index (χ1v) is 10.1. The number of anilines is 2. The summed E-state index contributed by atoms with van der Waals surface area (Å²) in [5.74, 6) is -0.506. The van der Waals surface area contributed by atoms with Gasteiger partial charge in [0.05, 0.1) is 12.8 Å². The van der Waals surface area contributed by atoms with Crippen molar-refractivity contribution in [2.24, 2.45) is 0 Å². The maximum absolute atomic E-state index is 14.0. The van der Waals surface area contributed by atoms with E-state index in [1.165, 1.54) is 21.8 Å². The van der Waals surface area contributed by atoms with E-state index < -0.39 is 23.0 Å². The summed E-state index contributed by atoms with van der Waals surface area (Å²) in [7, 11) is 0. The van der Waals surface area contributed by atoms with Crippen molar-refractivity contribution in [2.45, 2.75) is 45.7 Å². The molecule has 0 aliphatic rings. The van der Waals surface area contributed by atoms with Gasteiger partial charge in [0.25, 0.3) is 5.56 Å².